The SMILES string of the molecule is Cl.N=C(N)N1CCC[C@H]1c1nc(-c2ccc(OC/C=C/c3cccc(Br)c3)c(C(F)(F)F)c2)no1. The number of halogens is 5. The van der Waals surface area contributed by atoms with Crippen molar-refractivity contribution in [1.82, 2.24) is 15.0 Å². The van der Waals surface area contributed by atoms with Crippen molar-refractivity contribution in [3.8, 4) is 17.1 Å². The molecule has 1 saturated heterocycles. The van der Waals surface area contributed by atoms with E-state index in [1.807, 2.05) is 24.3 Å². The highest BCUT2D eigenvalue weighted by atomic mass is 79.9. The van der Waals surface area contributed by atoms with Gasteiger partial charge in [-0.25, -0.2) is 0 Å². The highest BCUT2D eigenvalue weighted by Crippen LogP contribution is 2.39. The summed E-state index contributed by atoms with van der Waals surface area (Å²) in [6.45, 7) is 0.543. The number of rotatable bonds is 6. The molecule has 0 aliphatic carbocycles. The van der Waals surface area contributed by atoms with E-state index in [0.29, 0.717) is 13.0 Å². The first-order valence-corrected chi connectivity index (χ1v) is 11.2. The zero-order valence-corrected chi connectivity index (χ0v) is 20.7. The van der Waals surface area contributed by atoms with E-state index in [2.05, 4.69) is 26.1 Å². The van der Waals surface area contributed by atoms with Gasteiger partial charge in [-0.15, -0.1) is 12.4 Å². The Hall–Kier alpha value is -3.05. The topological polar surface area (TPSA) is 101 Å². The minimum atomic E-state index is -4.64. The smallest absolute Gasteiger partial charge is 0.419 e. The van der Waals surface area contributed by atoms with Gasteiger partial charge in [0.15, 0.2) is 5.96 Å². The van der Waals surface area contributed by atoms with Crippen LogP contribution in [0.3, 0.4) is 0 Å². The van der Waals surface area contributed by atoms with Crippen molar-refractivity contribution in [1.29, 1.82) is 5.41 Å². The van der Waals surface area contributed by atoms with Crippen LogP contribution in [0.2, 0.25) is 0 Å². The second-order valence-electron chi connectivity index (χ2n) is 7.67. The quantitative estimate of drug-likeness (QED) is 0.275. The van der Waals surface area contributed by atoms with Crippen LogP contribution in [0, 0.1) is 5.41 Å². The molecular weight excluding hydrogens is 551 g/mol. The summed E-state index contributed by atoms with van der Waals surface area (Å²) in [5.41, 5.74) is 5.70. The number of hydrogen-bond acceptors (Lipinski definition) is 5. The molecule has 2 aromatic carbocycles. The summed E-state index contributed by atoms with van der Waals surface area (Å²) in [5, 5.41) is 11.5. The van der Waals surface area contributed by atoms with Gasteiger partial charge >= 0.3 is 6.18 Å². The van der Waals surface area contributed by atoms with Gasteiger partial charge in [0.25, 0.3) is 0 Å². The Labute approximate surface area is 214 Å². The van der Waals surface area contributed by atoms with Crippen molar-refractivity contribution in [2.45, 2.75) is 25.1 Å². The van der Waals surface area contributed by atoms with Crippen LogP contribution in [0.15, 0.2) is 57.5 Å². The lowest BCUT2D eigenvalue weighted by atomic mass is 10.1. The van der Waals surface area contributed by atoms with Crippen molar-refractivity contribution < 1.29 is 22.4 Å². The van der Waals surface area contributed by atoms with E-state index in [-0.39, 0.29) is 54.0 Å². The van der Waals surface area contributed by atoms with Crippen LogP contribution in [0.5, 0.6) is 5.75 Å². The third-order valence-electron chi connectivity index (χ3n) is 5.33. The van der Waals surface area contributed by atoms with Crippen LogP contribution in [0.1, 0.15) is 35.9 Å². The van der Waals surface area contributed by atoms with E-state index >= 15 is 0 Å². The Morgan fingerprint density at radius 2 is 2.09 bits per heavy atom. The zero-order valence-electron chi connectivity index (χ0n) is 18.3. The fourth-order valence-electron chi connectivity index (χ4n) is 3.75. The van der Waals surface area contributed by atoms with E-state index in [0.717, 1.165) is 22.5 Å². The molecule has 0 unspecified atom stereocenters. The summed E-state index contributed by atoms with van der Waals surface area (Å²) in [6, 6.07) is 10.8. The molecule has 2 heterocycles. The Balaban J connectivity index is 0.00000342. The second kappa shape index (κ2) is 11.1. The second-order valence-corrected chi connectivity index (χ2v) is 8.59. The molecule has 0 saturated carbocycles. The standard InChI is InChI=1S/C23H21BrF3N5O2.ClH/c24-16-6-1-4-14(12-16)5-3-11-33-19-9-8-15(13-17(19)23(25,26)27)20-30-21(34-31-20)18-7-2-10-32(18)22(28)29;/h1,3-6,8-9,12-13,18H,2,7,10-11H2,(H3,28,29);1H/b5-3+;/t18-;/m0./s1. The first-order valence-electron chi connectivity index (χ1n) is 10.4. The van der Waals surface area contributed by atoms with E-state index in [4.69, 9.17) is 20.4 Å². The predicted octanol–water partition coefficient (Wildman–Crippen LogP) is 6.06. The van der Waals surface area contributed by atoms with Crippen LogP contribution >= 0.6 is 28.3 Å². The molecule has 3 aromatic rings. The summed E-state index contributed by atoms with van der Waals surface area (Å²) in [4.78, 5) is 5.89. The number of aromatic nitrogens is 2. The molecule has 1 aliphatic rings. The Morgan fingerprint density at radius 1 is 1.29 bits per heavy atom. The lowest BCUT2D eigenvalue weighted by Crippen LogP contribution is -2.35. The minimum Gasteiger partial charge on any atom is -0.489 e. The molecule has 35 heavy (non-hydrogen) atoms. The Bertz CT molecular complexity index is 1220. The number of nitrogens with one attached hydrogen (secondary N) is 1. The molecule has 1 aromatic heterocycles. The predicted molar refractivity (Wildman–Crippen MR) is 131 cm³/mol. The van der Waals surface area contributed by atoms with Crippen molar-refractivity contribution in [3.05, 3.63) is 70.0 Å². The third-order valence-corrected chi connectivity index (χ3v) is 5.82. The summed E-state index contributed by atoms with van der Waals surface area (Å²) in [6.07, 6.45) is 0.227. The average molecular weight is 573 g/mol. The zero-order chi connectivity index (χ0) is 24.3. The Kier molecular flexibility index (Phi) is 8.44. The fraction of sp³-hybridized carbons (Fsp3) is 0.261. The van der Waals surface area contributed by atoms with Crippen molar-refractivity contribution in [2.75, 3.05) is 13.2 Å². The summed E-state index contributed by atoms with van der Waals surface area (Å²) >= 11 is 3.37. The maximum Gasteiger partial charge on any atom is 0.419 e. The van der Waals surface area contributed by atoms with Crippen LogP contribution in [0.4, 0.5) is 13.2 Å². The molecule has 0 bridgehead atoms. The monoisotopic (exact) mass is 571 g/mol. The molecule has 12 heteroatoms. The minimum absolute atomic E-state index is 0. The number of nitrogens with two attached hydrogens (primary N) is 1. The molecule has 1 aliphatic heterocycles. The summed E-state index contributed by atoms with van der Waals surface area (Å²) in [7, 11) is 0. The number of hydrogen-bond donors (Lipinski definition) is 2. The number of benzene rings is 2. The number of ether oxygens (including phenoxy) is 1. The maximum atomic E-state index is 13.7. The molecule has 4 rings (SSSR count). The van der Waals surface area contributed by atoms with Crippen molar-refractivity contribution in [3.63, 3.8) is 0 Å². The highest BCUT2D eigenvalue weighted by molar-refractivity contribution is 9.10. The van der Waals surface area contributed by atoms with Gasteiger partial charge in [-0.3, -0.25) is 5.41 Å². The number of alkyl halides is 3. The lowest BCUT2D eigenvalue weighted by molar-refractivity contribution is -0.138. The van der Waals surface area contributed by atoms with Gasteiger partial charge in [-0.05, 0) is 54.8 Å². The van der Waals surface area contributed by atoms with E-state index in [1.165, 1.54) is 12.1 Å². The average Bonchev–Trinajstić information content (AvgIpc) is 3.46. The van der Waals surface area contributed by atoms with Gasteiger partial charge in [0.2, 0.25) is 11.7 Å². The van der Waals surface area contributed by atoms with E-state index < -0.39 is 11.7 Å². The summed E-state index contributed by atoms with van der Waals surface area (Å²) in [5.74, 6) is -0.166. The van der Waals surface area contributed by atoms with Gasteiger partial charge in [0, 0.05) is 16.6 Å². The molecule has 186 valence electrons. The molecule has 0 spiro atoms. The number of guanidine groups is 1. The van der Waals surface area contributed by atoms with Crippen LogP contribution < -0.4 is 10.5 Å². The molecule has 1 fully saturated rings. The molecule has 1 atom stereocenters. The van der Waals surface area contributed by atoms with Gasteiger partial charge in [0.05, 0.1) is 5.56 Å². The molecular formula is C23H22BrClF3N5O2. The van der Waals surface area contributed by atoms with Gasteiger partial charge in [0.1, 0.15) is 18.4 Å². The van der Waals surface area contributed by atoms with E-state index in [9.17, 15) is 13.2 Å². The fourth-order valence-corrected chi connectivity index (χ4v) is 4.17. The first-order chi connectivity index (χ1) is 16.2. The maximum absolute atomic E-state index is 13.7. The largest absolute Gasteiger partial charge is 0.489 e. The molecule has 0 amide bonds. The normalized spacial score (nSPS) is 15.9. The lowest BCUT2D eigenvalue weighted by Gasteiger charge is -2.21. The third kappa shape index (κ3) is 6.34. The van der Waals surface area contributed by atoms with Crippen LogP contribution in [-0.2, 0) is 6.18 Å². The molecule has 0 radical (unpaired) electrons. The highest BCUT2D eigenvalue weighted by Gasteiger charge is 2.36. The van der Waals surface area contributed by atoms with Gasteiger partial charge in [-0.1, -0.05) is 39.3 Å². The van der Waals surface area contributed by atoms with Crippen molar-refractivity contribution >= 4 is 40.4 Å². The first kappa shape index (κ1) is 26.6. The molecule has 7 nitrogen and oxygen atoms in total. The number of nitrogens with zero attached hydrogens (tertiary/aromatic N) is 3. The summed E-state index contributed by atoms with van der Waals surface area (Å²) < 4.78 is 52.8. The van der Waals surface area contributed by atoms with Gasteiger partial charge < -0.3 is 19.9 Å². The van der Waals surface area contributed by atoms with Crippen LogP contribution in [0.25, 0.3) is 17.5 Å². The van der Waals surface area contributed by atoms with Crippen LogP contribution in [-0.4, -0.2) is 34.2 Å². The van der Waals surface area contributed by atoms with E-state index in [1.54, 1.807) is 17.1 Å². The molecule has 3 N–H and O–H groups in total. The Morgan fingerprint density at radius 3 is 2.80 bits per heavy atom. The van der Waals surface area contributed by atoms with Gasteiger partial charge in [-0.2, -0.15) is 18.2 Å². The van der Waals surface area contributed by atoms with Crippen molar-refractivity contribution in [2.24, 2.45) is 5.73 Å². The number of likely N-dealkylation sites (tertiary alicyclic amines) is 1.